The number of methoxy groups -OCH3 is 1. The van der Waals surface area contributed by atoms with Crippen molar-refractivity contribution in [3.63, 3.8) is 0 Å². The summed E-state index contributed by atoms with van der Waals surface area (Å²) < 4.78 is 10.6. The average Bonchev–Trinajstić information content (AvgIpc) is 3.44. The largest absolute Gasteiger partial charge is 0.383 e. The number of ether oxygens (including phenoxy) is 1. The first kappa shape index (κ1) is 20.0. The van der Waals surface area contributed by atoms with Gasteiger partial charge in [0.25, 0.3) is 0 Å². The lowest BCUT2D eigenvalue weighted by molar-refractivity contribution is 0.201. The van der Waals surface area contributed by atoms with Crippen LogP contribution in [-0.2, 0) is 11.3 Å². The number of nitrogens with one attached hydrogen (secondary N) is 1. The molecule has 1 unspecified atom stereocenters. The monoisotopic (exact) mass is 404 g/mol. The fourth-order valence-electron chi connectivity index (χ4n) is 3.61. The SMILES string of the molecule is COCCNc1ccc(-c2noc(C3CCCN3Cc3ccc(C#N)cc3)n2)cn1. The zero-order valence-corrected chi connectivity index (χ0v) is 16.9. The van der Waals surface area contributed by atoms with Crippen LogP contribution in [0.15, 0.2) is 47.1 Å². The zero-order chi connectivity index (χ0) is 20.8. The molecule has 1 aliphatic heterocycles. The fraction of sp³-hybridized carbons (Fsp3) is 0.364. The van der Waals surface area contributed by atoms with Gasteiger partial charge in [0.1, 0.15) is 5.82 Å². The van der Waals surface area contributed by atoms with E-state index in [1.54, 1.807) is 13.3 Å². The Morgan fingerprint density at radius 3 is 2.87 bits per heavy atom. The minimum absolute atomic E-state index is 0.102. The molecule has 30 heavy (non-hydrogen) atoms. The molecule has 8 nitrogen and oxygen atoms in total. The molecule has 1 fully saturated rings. The minimum atomic E-state index is 0.102. The first-order valence-electron chi connectivity index (χ1n) is 10.0. The summed E-state index contributed by atoms with van der Waals surface area (Å²) in [6, 6.07) is 13.8. The lowest BCUT2D eigenvalue weighted by Gasteiger charge is -2.21. The first-order chi connectivity index (χ1) is 14.8. The average molecular weight is 404 g/mol. The summed E-state index contributed by atoms with van der Waals surface area (Å²) in [6.07, 6.45) is 3.81. The second kappa shape index (κ2) is 9.48. The van der Waals surface area contributed by atoms with Crippen molar-refractivity contribution >= 4 is 5.82 Å². The van der Waals surface area contributed by atoms with Gasteiger partial charge in [-0.3, -0.25) is 4.90 Å². The van der Waals surface area contributed by atoms with Gasteiger partial charge in [-0.2, -0.15) is 10.2 Å². The van der Waals surface area contributed by atoms with Gasteiger partial charge in [0.05, 0.1) is 24.3 Å². The Bertz CT molecular complexity index is 994. The van der Waals surface area contributed by atoms with E-state index in [2.05, 4.69) is 31.4 Å². The van der Waals surface area contributed by atoms with E-state index in [0.717, 1.165) is 37.3 Å². The van der Waals surface area contributed by atoms with Gasteiger partial charge in [0, 0.05) is 32.0 Å². The number of rotatable bonds is 8. The molecule has 4 rings (SSSR count). The van der Waals surface area contributed by atoms with E-state index < -0.39 is 0 Å². The van der Waals surface area contributed by atoms with E-state index in [1.807, 2.05) is 36.4 Å². The Kier molecular flexibility index (Phi) is 6.32. The van der Waals surface area contributed by atoms with Gasteiger partial charge in [-0.15, -0.1) is 0 Å². The third-order valence-corrected chi connectivity index (χ3v) is 5.19. The molecule has 8 heteroatoms. The maximum Gasteiger partial charge on any atom is 0.244 e. The second-order valence-electron chi connectivity index (χ2n) is 7.25. The molecule has 0 bridgehead atoms. The van der Waals surface area contributed by atoms with Crippen LogP contribution in [0.4, 0.5) is 5.82 Å². The van der Waals surface area contributed by atoms with Gasteiger partial charge in [0.2, 0.25) is 11.7 Å². The molecule has 1 N–H and O–H groups in total. The summed E-state index contributed by atoms with van der Waals surface area (Å²) in [7, 11) is 1.67. The highest BCUT2D eigenvalue weighted by Crippen LogP contribution is 2.33. The third kappa shape index (κ3) is 4.64. The number of likely N-dealkylation sites (tertiary alicyclic amines) is 1. The Morgan fingerprint density at radius 2 is 2.13 bits per heavy atom. The van der Waals surface area contributed by atoms with E-state index in [9.17, 15) is 0 Å². The number of aromatic nitrogens is 3. The highest BCUT2D eigenvalue weighted by atomic mass is 16.5. The van der Waals surface area contributed by atoms with Crippen LogP contribution in [0.25, 0.3) is 11.4 Å². The van der Waals surface area contributed by atoms with Gasteiger partial charge in [-0.1, -0.05) is 17.3 Å². The maximum atomic E-state index is 8.96. The number of hydrogen-bond donors (Lipinski definition) is 1. The van der Waals surface area contributed by atoms with Gasteiger partial charge in [-0.25, -0.2) is 4.98 Å². The minimum Gasteiger partial charge on any atom is -0.383 e. The molecule has 3 heterocycles. The smallest absolute Gasteiger partial charge is 0.244 e. The van der Waals surface area contributed by atoms with Crippen molar-refractivity contribution in [2.45, 2.75) is 25.4 Å². The highest BCUT2D eigenvalue weighted by molar-refractivity contribution is 5.55. The molecular weight excluding hydrogens is 380 g/mol. The quantitative estimate of drug-likeness (QED) is 0.570. The van der Waals surface area contributed by atoms with Crippen LogP contribution in [0.1, 0.15) is 35.9 Å². The predicted octanol–water partition coefficient (Wildman–Crippen LogP) is 3.40. The molecule has 2 aromatic heterocycles. The summed E-state index contributed by atoms with van der Waals surface area (Å²) >= 11 is 0. The number of anilines is 1. The van der Waals surface area contributed by atoms with Crippen molar-refractivity contribution in [1.82, 2.24) is 20.0 Å². The van der Waals surface area contributed by atoms with Crippen molar-refractivity contribution in [2.24, 2.45) is 0 Å². The molecule has 0 aliphatic carbocycles. The number of pyridine rings is 1. The summed E-state index contributed by atoms with van der Waals surface area (Å²) in [4.78, 5) is 11.4. The number of hydrogen-bond acceptors (Lipinski definition) is 8. The summed E-state index contributed by atoms with van der Waals surface area (Å²) in [5.41, 5.74) is 2.66. The fourth-order valence-corrected chi connectivity index (χ4v) is 3.61. The summed E-state index contributed by atoms with van der Waals surface area (Å²) in [5.74, 6) is 1.97. The molecule has 1 aromatic carbocycles. The normalized spacial score (nSPS) is 16.5. The molecule has 0 amide bonds. The van der Waals surface area contributed by atoms with Gasteiger partial charge in [0.15, 0.2) is 0 Å². The Labute approximate surface area is 175 Å². The standard InChI is InChI=1S/C22H24N6O2/c1-29-12-10-24-20-9-8-18(14-25-20)21-26-22(30-27-21)19-3-2-11-28(19)15-17-6-4-16(13-23)5-7-17/h4-9,14,19H,2-3,10-12,15H2,1H3,(H,24,25). The molecule has 0 spiro atoms. The molecule has 1 atom stereocenters. The van der Waals surface area contributed by atoms with E-state index in [1.165, 1.54) is 5.56 Å². The van der Waals surface area contributed by atoms with Crippen LogP contribution in [0, 0.1) is 11.3 Å². The predicted molar refractivity (Wildman–Crippen MR) is 111 cm³/mol. The molecule has 0 radical (unpaired) electrons. The molecule has 1 aliphatic rings. The molecule has 154 valence electrons. The van der Waals surface area contributed by atoms with Gasteiger partial charge in [-0.05, 0) is 49.2 Å². The number of nitriles is 1. The van der Waals surface area contributed by atoms with Crippen LogP contribution < -0.4 is 5.32 Å². The van der Waals surface area contributed by atoms with E-state index in [4.69, 9.17) is 14.5 Å². The van der Waals surface area contributed by atoms with Crippen LogP contribution in [-0.4, -0.2) is 46.8 Å². The van der Waals surface area contributed by atoms with Crippen molar-refractivity contribution in [3.8, 4) is 17.5 Å². The lowest BCUT2D eigenvalue weighted by atomic mass is 10.1. The van der Waals surface area contributed by atoms with E-state index >= 15 is 0 Å². The van der Waals surface area contributed by atoms with Crippen LogP contribution in [0.5, 0.6) is 0 Å². The van der Waals surface area contributed by atoms with Crippen molar-refractivity contribution in [3.05, 3.63) is 59.6 Å². The Balaban J connectivity index is 1.42. The molecule has 1 saturated heterocycles. The van der Waals surface area contributed by atoms with Crippen molar-refractivity contribution in [1.29, 1.82) is 5.26 Å². The Morgan fingerprint density at radius 1 is 1.27 bits per heavy atom. The van der Waals surface area contributed by atoms with E-state index in [0.29, 0.717) is 30.4 Å². The topological polar surface area (TPSA) is 100 Å². The second-order valence-corrected chi connectivity index (χ2v) is 7.25. The molecule has 3 aromatic rings. The Hall–Kier alpha value is -3.28. The van der Waals surface area contributed by atoms with Crippen LogP contribution in [0.2, 0.25) is 0 Å². The third-order valence-electron chi connectivity index (χ3n) is 5.19. The molecular formula is C22H24N6O2. The number of benzene rings is 1. The summed E-state index contributed by atoms with van der Waals surface area (Å²) in [5, 5.41) is 16.3. The van der Waals surface area contributed by atoms with Crippen LogP contribution >= 0.6 is 0 Å². The summed E-state index contributed by atoms with van der Waals surface area (Å²) in [6.45, 7) is 3.09. The number of nitrogens with zero attached hydrogens (tertiary/aromatic N) is 5. The maximum absolute atomic E-state index is 8.96. The van der Waals surface area contributed by atoms with Gasteiger partial charge >= 0.3 is 0 Å². The lowest BCUT2D eigenvalue weighted by Crippen LogP contribution is -2.23. The van der Waals surface area contributed by atoms with Crippen LogP contribution in [0.3, 0.4) is 0 Å². The first-order valence-corrected chi connectivity index (χ1v) is 10.0. The van der Waals surface area contributed by atoms with Crippen molar-refractivity contribution < 1.29 is 9.26 Å². The van der Waals surface area contributed by atoms with Crippen molar-refractivity contribution in [2.75, 3.05) is 32.1 Å². The molecule has 0 saturated carbocycles. The zero-order valence-electron chi connectivity index (χ0n) is 16.9. The van der Waals surface area contributed by atoms with Gasteiger partial charge < -0.3 is 14.6 Å². The van der Waals surface area contributed by atoms with E-state index in [-0.39, 0.29) is 6.04 Å². The highest BCUT2D eigenvalue weighted by Gasteiger charge is 2.30.